The summed E-state index contributed by atoms with van der Waals surface area (Å²) in [5.41, 5.74) is -0.150. The van der Waals surface area contributed by atoms with E-state index in [1.807, 2.05) is 25.3 Å². The molecule has 0 aliphatic rings. The fourth-order valence-electron chi connectivity index (χ4n) is 2.15. The first-order valence-corrected chi connectivity index (χ1v) is 9.07. The van der Waals surface area contributed by atoms with Gasteiger partial charge in [0.1, 0.15) is 17.1 Å². The van der Waals surface area contributed by atoms with Crippen molar-refractivity contribution in [1.29, 1.82) is 0 Å². The Hall–Kier alpha value is -1.13. The van der Waals surface area contributed by atoms with Crippen LogP contribution in [0.1, 0.15) is 43.0 Å². The lowest BCUT2D eigenvalue weighted by atomic mass is 10.0. The quantitative estimate of drug-likeness (QED) is 0.324. The van der Waals surface area contributed by atoms with Gasteiger partial charge in [-0.3, -0.25) is 0 Å². The molecule has 8 heteroatoms. The Morgan fingerprint density at radius 1 is 1.36 bits per heavy atom. The molecular formula is C17H27IN4O2S. The topological polar surface area (TPSA) is 82.7 Å². The van der Waals surface area contributed by atoms with Crippen LogP contribution in [0.2, 0.25) is 0 Å². The number of guanidine groups is 1. The molecule has 2 aromatic heterocycles. The second kappa shape index (κ2) is 10.1. The number of aryl methyl sites for hydroxylation is 2. The highest BCUT2D eigenvalue weighted by molar-refractivity contribution is 14.0. The molecule has 0 bridgehead atoms. The summed E-state index contributed by atoms with van der Waals surface area (Å²) in [6.07, 6.45) is 0.943. The summed E-state index contributed by atoms with van der Waals surface area (Å²) in [4.78, 5) is 9.04. The van der Waals surface area contributed by atoms with Crippen molar-refractivity contribution >= 4 is 41.3 Å². The predicted octanol–water partition coefficient (Wildman–Crippen LogP) is 3.19. The molecule has 0 aliphatic heterocycles. The molecule has 0 spiro atoms. The van der Waals surface area contributed by atoms with Crippen molar-refractivity contribution in [2.24, 2.45) is 4.99 Å². The van der Waals surface area contributed by atoms with Gasteiger partial charge in [-0.05, 0) is 39.3 Å². The fourth-order valence-corrected chi connectivity index (χ4v) is 2.89. The predicted molar refractivity (Wildman–Crippen MR) is 113 cm³/mol. The summed E-state index contributed by atoms with van der Waals surface area (Å²) >= 11 is 1.66. The zero-order valence-electron chi connectivity index (χ0n) is 15.1. The number of aliphatic hydroxyl groups is 1. The number of nitrogens with one attached hydrogen (secondary N) is 2. The molecule has 25 heavy (non-hydrogen) atoms. The highest BCUT2D eigenvalue weighted by Gasteiger charge is 2.27. The maximum Gasteiger partial charge on any atom is 0.191 e. The van der Waals surface area contributed by atoms with E-state index in [0.717, 1.165) is 29.4 Å². The Kier molecular flexibility index (Phi) is 8.87. The van der Waals surface area contributed by atoms with Crippen molar-refractivity contribution in [1.82, 2.24) is 15.6 Å². The van der Waals surface area contributed by atoms with Crippen LogP contribution in [0.5, 0.6) is 0 Å². The van der Waals surface area contributed by atoms with E-state index in [-0.39, 0.29) is 24.0 Å². The molecule has 2 heterocycles. The molecule has 0 aliphatic carbocycles. The molecule has 0 saturated carbocycles. The molecule has 0 saturated heterocycles. The molecule has 2 aromatic rings. The van der Waals surface area contributed by atoms with E-state index in [1.165, 1.54) is 0 Å². The highest BCUT2D eigenvalue weighted by Crippen LogP contribution is 2.21. The summed E-state index contributed by atoms with van der Waals surface area (Å²) in [6, 6.07) is 3.64. The molecule has 2 rings (SSSR count). The third-order valence-corrected chi connectivity index (χ3v) is 4.56. The van der Waals surface area contributed by atoms with Crippen LogP contribution in [0.25, 0.3) is 0 Å². The smallest absolute Gasteiger partial charge is 0.191 e. The minimum absolute atomic E-state index is 0. The second-order valence-corrected chi connectivity index (χ2v) is 6.76. The van der Waals surface area contributed by atoms with Gasteiger partial charge in [0.2, 0.25) is 0 Å². The molecule has 0 amide bonds. The molecular weight excluding hydrogens is 451 g/mol. The van der Waals surface area contributed by atoms with E-state index in [4.69, 9.17) is 4.42 Å². The number of aliphatic imine (C=N–C) groups is 1. The largest absolute Gasteiger partial charge is 0.463 e. The number of furan rings is 1. The van der Waals surface area contributed by atoms with Crippen molar-refractivity contribution in [2.75, 3.05) is 13.1 Å². The van der Waals surface area contributed by atoms with Gasteiger partial charge in [-0.25, -0.2) is 9.98 Å². The zero-order chi connectivity index (χ0) is 17.6. The van der Waals surface area contributed by atoms with Gasteiger partial charge in [-0.2, -0.15) is 0 Å². The van der Waals surface area contributed by atoms with Crippen LogP contribution in [0.3, 0.4) is 0 Å². The summed E-state index contributed by atoms with van der Waals surface area (Å²) < 4.78 is 5.53. The lowest BCUT2D eigenvalue weighted by Gasteiger charge is -2.22. The molecule has 0 aromatic carbocycles. The van der Waals surface area contributed by atoms with E-state index in [1.54, 1.807) is 24.3 Å². The Morgan fingerprint density at radius 3 is 2.68 bits per heavy atom. The van der Waals surface area contributed by atoms with Crippen LogP contribution in [-0.2, 0) is 18.6 Å². The number of halogens is 1. The number of thiazole rings is 1. The van der Waals surface area contributed by atoms with Gasteiger partial charge in [-0.15, -0.1) is 35.3 Å². The van der Waals surface area contributed by atoms with Crippen LogP contribution in [0.4, 0.5) is 0 Å². The Morgan fingerprint density at radius 2 is 2.12 bits per heavy atom. The maximum absolute atomic E-state index is 10.6. The lowest BCUT2D eigenvalue weighted by Crippen LogP contribution is -2.44. The standard InChI is InChI=1S/C17H26N4O2S.HI/c1-5-15-21-13(10-24-15)9-19-16(18-6-2)20-11-17(4,22)14-8-7-12(3)23-14;/h7-8,10,22H,5-6,9,11H2,1-4H3,(H2,18,19,20);1H. The summed E-state index contributed by atoms with van der Waals surface area (Å²) in [7, 11) is 0. The number of hydrogen-bond donors (Lipinski definition) is 3. The summed E-state index contributed by atoms with van der Waals surface area (Å²) in [5, 5.41) is 20.1. The Balaban J connectivity index is 0.00000312. The first-order chi connectivity index (χ1) is 11.4. The Labute approximate surface area is 170 Å². The van der Waals surface area contributed by atoms with Crippen molar-refractivity contribution < 1.29 is 9.52 Å². The molecule has 1 unspecified atom stereocenters. The number of rotatable bonds is 7. The summed E-state index contributed by atoms with van der Waals surface area (Å²) in [5.74, 6) is 1.96. The van der Waals surface area contributed by atoms with Crippen LogP contribution in [0, 0.1) is 6.92 Å². The fraction of sp³-hybridized carbons (Fsp3) is 0.529. The lowest BCUT2D eigenvalue weighted by molar-refractivity contribution is 0.0378. The van der Waals surface area contributed by atoms with Crippen LogP contribution in [0.15, 0.2) is 26.9 Å². The SMILES string of the molecule is CCNC(=NCc1csc(CC)n1)NCC(C)(O)c1ccc(C)o1.I. The molecule has 3 N–H and O–H groups in total. The number of aromatic nitrogens is 1. The van der Waals surface area contributed by atoms with Crippen molar-refractivity contribution in [2.45, 2.75) is 46.3 Å². The van der Waals surface area contributed by atoms with Crippen molar-refractivity contribution in [3.05, 3.63) is 39.7 Å². The van der Waals surface area contributed by atoms with Gasteiger partial charge in [0.15, 0.2) is 5.96 Å². The minimum Gasteiger partial charge on any atom is -0.463 e. The first-order valence-electron chi connectivity index (χ1n) is 8.19. The minimum atomic E-state index is -1.11. The maximum atomic E-state index is 10.6. The normalized spacial score (nSPS) is 13.9. The molecule has 1 atom stereocenters. The van der Waals surface area contributed by atoms with Gasteiger partial charge in [0.05, 0.1) is 23.8 Å². The van der Waals surface area contributed by atoms with Gasteiger partial charge in [0, 0.05) is 11.9 Å². The van der Waals surface area contributed by atoms with E-state index < -0.39 is 5.60 Å². The van der Waals surface area contributed by atoms with Gasteiger partial charge < -0.3 is 20.2 Å². The average Bonchev–Trinajstić information content (AvgIpc) is 3.19. The van der Waals surface area contributed by atoms with E-state index in [0.29, 0.717) is 24.8 Å². The van der Waals surface area contributed by atoms with Gasteiger partial charge in [0.25, 0.3) is 0 Å². The average molecular weight is 478 g/mol. The Bertz CT molecular complexity index is 682. The van der Waals surface area contributed by atoms with Gasteiger partial charge >= 0.3 is 0 Å². The van der Waals surface area contributed by atoms with Crippen LogP contribution >= 0.6 is 35.3 Å². The monoisotopic (exact) mass is 478 g/mol. The second-order valence-electron chi connectivity index (χ2n) is 5.82. The summed E-state index contributed by atoms with van der Waals surface area (Å²) in [6.45, 7) is 9.22. The van der Waals surface area contributed by atoms with Crippen LogP contribution < -0.4 is 10.6 Å². The third kappa shape index (κ3) is 6.59. The number of nitrogens with zero attached hydrogens (tertiary/aromatic N) is 2. The molecule has 0 radical (unpaired) electrons. The van der Waals surface area contributed by atoms with E-state index >= 15 is 0 Å². The highest BCUT2D eigenvalue weighted by atomic mass is 127. The van der Waals surface area contributed by atoms with E-state index in [9.17, 15) is 5.11 Å². The molecule has 0 fully saturated rings. The van der Waals surface area contributed by atoms with Gasteiger partial charge in [-0.1, -0.05) is 6.92 Å². The zero-order valence-corrected chi connectivity index (χ0v) is 18.3. The van der Waals surface area contributed by atoms with Crippen LogP contribution in [-0.4, -0.2) is 29.1 Å². The van der Waals surface area contributed by atoms with E-state index in [2.05, 4.69) is 27.5 Å². The number of hydrogen-bond acceptors (Lipinski definition) is 5. The third-order valence-electron chi connectivity index (χ3n) is 3.52. The van der Waals surface area contributed by atoms with Crippen molar-refractivity contribution in [3.63, 3.8) is 0 Å². The molecule has 6 nitrogen and oxygen atoms in total. The first kappa shape index (κ1) is 21.9. The van der Waals surface area contributed by atoms with Crippen molar-refractivity contribution in [3.8, 4) is 0 Å². The molecule has 140 valence electrons.